The maximum absolute atomic E-state index is 11.1. The molecule has 0 aromatic heterocycles. The Labute approximate surface area is 69.9 Å². The minimum Gasteiger partial charge on any atom is -0.456 e. The third-order valence-corrected chi connectivity index (χ3v) is 1.83. The van der Waals surface area contributed by atoms with Gasteiger partial charge in [-0.05, 0) is 18.6 Å². The van der Waals surface area contributed by atoms with E-state index in [-0.39, 0.29) is 12.8 Å². The van der Waals surface area contributed by atoms with Crippen LogP contribution in [-0.2, 0) is 4.74 Å². The van der Waals surface area contributed by atoms with Crippen LogP contribution in [0.5, 0.6) is 5.75 Å². The van der Waals surface area contributed by atoms with Gasteiger partial charge >= 0.3 is 5.97 Å². The van der Waals surface area contributed by atoms with Crippen molar-refractivity contribution in [2.45, 2.75) is 6.92 Å². The molecular weight excluding hydrogens is 156 g/mol. The molecule has 0 atom stereocenters. The lowest BCUT2D eigenvalue weighted by atomic mass is 10.1. The van der Waals surface area contributed by atoms with Crippen LogP contribution in [0.1, 0.15) is 15.9 Å². The molecule has 1 aromatic rings. The van der Waals surface area contributed by atoms with E-state index in [9.17, 15) is 4.79 Å². The van der Waals surface area contributed by atoms with Crippen LogP contribution in [0.3, 0.4) is 0 Å². The Kier molecular flexibility index (Phi) is 1.50. The fraction of sp³-hybridized carbons (Fsp3) is 0.222. The van der Waals surface area contributed by atoms with Crippen molar-refractivity contribution < 1.29 is 14.3 Å². The second-order valence-electron chi connectivity index (χ2n) is 2.65. The SMILES string of the molecule is Cc1cccc2c1OCOC2=O. The van der Waals surface area contributed by atoms with Crippen LogP contribution in [-0.4, -0.2) is 12.8 Å². The molecule has 0 spiro atoms. The topological polar surface area (TPSA) is 35.5 Å². The van der Waals surface area contributed by atoms with E-state index in [1.165, 1.54) is 0 Å². The highest BCUT2D eigenvalue weighted by molar-refractivity contribution is 5.93. The van der Waals surface area contributed by atoms with Crippen molar-refractivity contribution in [1.82, 2.24) is 0 Å². The molecule has 62 valence electrons. The number of cyclic esters (lactones) is 1. The molecule has 0 N–H and O–H groups in total. The molecule has 0 radical (unpaired) electrons. The summed E-state index contributed by atoms with van der Waals surface area (Å²) in [6.45, 7) is 1.92. The van der Waals surface area contributed by atoms with Gasteiger partial charge in [0.2, 0.25) is 6.79 Å². The maximum atomic E-state index is 11.1. The molecule has 0 saturated carbocycles. The van der Waals surface area contributed by atoms with Gasteiger partial charge in [-0.3, -0.25) is 0 Å². The summed E-state index contributed by atoms with van der Waals surface area (Å²) in [5, 5.41) is 0. The van der Waals surface area contributed by atoms with Gasteiger partial charge in [0, 0.05) is 0 Å². The number of esters is 1. The van der Waals surface area contributed by atoms with Crippen molar-refractivity contribution >= 4 is 5.97 Å². The number of benzene rings is 1. The predicted molar refractivity (Wildman–Crippen MR) is 42.1 cm³/mol. The molecular formula is C9H8O3. The summed E-state index contributed by atoms with van der Waals surface area (Å²) >= 11 is 0. The molecule has 2 rings (SSSR count). The zero-order valence-electron chi connectivity index (χ0n) is 6.66. The molecule has 1 heterocycles. The van der Waals surface area contributed by atoms with E-state index in [0.29, 0.717) is 11.3 Å². The fourth-order valence-electron chi connectivity index (χ4n) is 1.22. The van der Waals surface area contributed by atoms with E-state index < -0.39 is 0 Å². The van der Waals surface area contributed by atoms with Crippen LogP contribution in [0.2, 0.25) is 0 Å². The van der Waals surface area contributed by atoms with Gasteiger partial charge in [-0.1, -0.05) is 12.1 Å². The number of carbonyl (C=O) groups excluding carboxylic acids is 1. The summed E-state index contributed by atoms with van der Waals surface area (Å²) in [5.41, 5.74) is 1.48. The van der Waals surface area contributed by atoms with Gasteiger partial charge in [0.15, 0.2) is 0 Å². The first-order chi connectivity index (χ1) is 5.79. The van der Waals surface area contributed by atoms with Gasteiger partial charge in [-0.15, -0.1) is 0 Å². The van der Waals surface area contributed by atoms with Gasteiger partial charge in [-0.2, -0.15) is 0 Å². The molecule has 1 aliphatic rings. The molecule has 0 fully saturated rings. The zero-order valence-corrected chi connectivity index (χ0v) is 6.66. The minimum absolute atomic E-state index is 0.0245. The van der Waals surface area contributed by atoms with E-state index in [1.807, 2.05) is 19.1 Å². The van der Waals surface area contributed by atoms with E-state index in [0.717, 1.165) is 5.56 Å². The lowest BCUT2D eigenvalue weighted by molar-refractivity contribution is 0.00462. The zero-order chi connectivity index (χ0) is 8.55. The molecule has 0 saturated heterocycles. The van der Waals surface area contributed by atoms with Gasteiger partial charge < -0.3 is 9.47 Å². The van der Waals surface area contributed by atoms with Crippen LogP contribution in [0.25, 0.3) is 0 Å². The van der Waals surface area contributed by atoms with Crippen LogP contribution < -0.4 is 4.74 Å². The van der Waals surface area contributed by atoms with Gasteiger partial charge in [-0.25, -0.2) is 4.79 Å². The summed E-state index contributed by atoms with van der Waals surface area (Å²) in [7, 11) is 0. The van der Waals surface area contributed by atoms with E-state index in [1.54, 1.807) is 6.07 Å². The third-order valence-electron chi connectivity index (χ3n) is 1.83. The van der Waals surface area contributed by atoms with Gasteiger partial charge in [0.25, 0.3) is 0 Å². The van der Waals surface area contributed by atoms with Crippen molar-refractivity contribution in [2.24, 2.45) is 0 Å². The molecule has 3 heteroatoms. The number of fused-ring (bicyclic) bond motifs is 1. The second-order valence-corrected chi connectivity index (χ2v) is 2.65. The van der Waals surface area contributed by atoms with Crippen LogP contribution in [0, 0.1) is 6.92 Å². The largest absolute Gasteiger partial charge is 0.456 e. The Bertz CT molecular complexity index is 331. The number of aryl methyl sites for hydroxylation is 1. The Morgan fingerprint density at radius 3 is 2.92 bits per heavy atom. The number of ether oxygens (including phenoxy) is 2. The summed E-state index contributed by atoms with van der Waals surface area (Å²) < 4.78 is 9.88. The van der Waals surface area contributed by atoms with E-state index in [2.05, 4.69) is 0 Å². The standard InChI is InChI=1S/C9H8O3/c1-6-3-2-4-7-8(6)11-5-12-9(7)10/h2-4H,5H2,1H3. The second kappa shape index (κ2) is 2.52. The van der Waals surface area contributed by atoms with Gasteiger partial charge in [0.1, 0.15) is 11.3 Å². The normalized spacial score (nSPS) is 14.6. The molecule has 0 aliphatic carbocycles. The fourth-order valence-corrected chi connectivity index (χ4v) is 1.22. The Morgan fingerprint density at radius 1 is 1.33 bits per heavy atom. The molecule has 1 aromatic carbocycles. The average Bonchev–Trinajstić information content (AvgIpc) is 2.07. The maximum Gasteiger partial charge on any atom is 0.344 e. The number of rotatable bonds is 0. The highest BCUT2D eigenvalue weighted by atomic mass is 16.7. The van der Waals surface area contributed by atoms with E-state index in [4.69, 9.17) is 9.47 Å². The van der Waals surface area contributed by atoms with E-state index >= 15 is 0 Å². The highest BCUT2D eigenvalue weighted by Gasteiger charge is 2.20. The molecule has 12 heavy (non-hydrogen) atoms. The van der Waals surface area contributed by atoms with Crippen molar-refractivity contribution in [3.63, 3.8) is 0 Å². The molecule has 0 bridgehead atoms. The molecule has 0 unspecified atom stereocenters. The van der Waals surface area contributed by atoms with Crippen LogP contribution in [0.4, 0.5) is 0 Å². The van der Waals surface area contributed by atoms with Crippen molar-refractivity contribution in [3.05, 3.63) is 29.3 Å². The molecule has 0 amide bonds. The third kappa shape index (κ3) is 0.942. The number of hydrogen-bond acceptors (Lipinski definition) is 3. The highest BCUT2D eigenvalue weighted by Crippen LogP contribution is 2.26. The lowest BCUT2D eigenvalue weighted by Gasteiger charge is -2.17. The molecule has 1 aliphatic heterocycles. The first-order valence-electron chi connectivity index (χ1n) is 3.68. The summed E-state index contributed by atoms with van der Waals surface area (Å²) in [5.74, 6) is 0.341. The monoisotopic (exact) mass is 164 g/mol. The Hall–Kier alpha value is -1.51. The van der Waals surface area contributed by atoms with Crippen molar-refractivity contribution in [3.8, 4) is 5.75 Å². The first kappa shape index (κ1) is 7.16. The quantitative estimate of drug-likeness (QED) is 0.545. The Balaban J connectivity index is 2.59. The van der Waals surface area contributed by atoms with Crippen LogP contribution >= 0.6 is 0 Å². The first-order valence-corrected chi connectivity index (χ1v) is 3.68. The van der Waals surface area contributed by atoms with Crippen LogP contribution in [0.15, 0.2) is 18.2 Å². The average molecular weight is 164 g/mol. The van der Waals surface area contributed by atoms with Crippen molar-refractivity contribution in [2.75, 3.05) is 6.79 Å². The smallest absolute Gasteiger partial charge is 0.344 e. The summed E-state index contributed by atoms with van der Waals surface area (Å²) in [6.07, 6.45) is 0. The Morgan fingerprint density at radius 2 is 2.17 bits per heavy atom. The summed E-state index contributed by atoms with van der Waals surface area (Å²) in [6, 6.07) is 5.41. The van der Waals surface area contributed by atoms with Crippen molar-refractivity contribution in [1.29, 1.82) is 0 Å². The molecule has 3 nitrogen and oxygen atoms in total. The van der Waals surface area contributed by atoms with Gasteiger partial charge in [0.05, 0.1) is 0 Å². The number of hydrogen-bond donors (Lipinski definition) is 0. The predicted octanol–water partition coefficient (Wildman–Crippen LogP) is 1.50. The number of para-hydroxylation sites is 1. The summed E-state index contributed by atoms with van der Waals surface area (Å²) in [4.78, 5) is 11.1. The number of carbonyl (C=O) groups is 1. The lowest BCUT2D eigenvalue weighted by Crippen LogP contribution is -2.18. The minimum atomic E-state index is -0.306.